The van der Waals surface area contributed by atoms with Gasteiger partial charge in [0, 0.05) is 24.4 Å². The van der Waals surface area contributed by atoms with Crippen LogP contribution in [0.25, 0.3) is 0 Å². The molecule has 1 aromatic carbocycles. The number of nitrogens with one attached hydrogen (secondary N) is 1. The van der Waals surface area contributed by atoms with Crippen molar-refractivity contribution in [1.82, 2.24) is 5.32 Å². The van der Waals surface area contributed by atoms with Crippen molar-refractivity contribution in [3.05, 3.63) is 29.3 Å². The second-order valence-corrected chi connectivity index (χ2v) is 5.04. The zero-order chi connectivity index (χ0) is 13.0. The molecular formula is C15H21NO2. The number of benzene rings is 1. The maximum absolute atomic E-state index is 11.4. The molecule has 1 aliphatic heterocycles. The number of carbonyl (C=O) groups is 1. The predicted octanol–water partition coefficient (Wildman–Crippen LogP) is 2.33. The minimum Gasteiger partial charge on any atom is -0.493 e. The van der Waals surface area contributed by atoms with E-state index >= 15 is 0 Å². The van der Waals surface area contributed by atoms with Gasteiger partial charge in [0.05, 0.1) is 6.61 Å². The highest BCUT2D eigenvalue weighted by Gasteiger charge is 2.15. The fourth-order valence-corrected chi connectivity index (χ4v) is 2.22. The maximum atomic E-state index is 11.4. The first kappa shape index (κ1) is 12.9. The molecule has 1 amide bonds. The van der Waals surface area contributed by atoms with Crippen LogP contribution in [0.4, 0.5) is 0 Å². The van der Waals surface area contributed by atoms with Gasteiger partial charge in [-0.2, -0.15) is 0 Å². The van der Waals surface area contributed by atoms with Gasteiger partial charge in [0.1, 0.15) is 5.75 Å². The fourth-order valence-electron chi connectivity index (χ4n) is 2.22. The van der Waals surface area contributed by atoms with Gasteiger partial charge >= 0.3 is 0 Å². The summed E-state index contributed by atoms with van der Waals surface area (Å²) in [6.07, 6.45) is 3.00. The van der Waals surface area contributed by atoms with Gasteiger partial charge in [-0.1, -0.05) is 26.0 Å². The van der Waals surface area contributed by atoms with E-state index in [-0.39, 0.29) is 11.8 Å². The van der Waals surface area contributed by atoms with E-state index in [0.717, 1.165) is 38.2 Å². The molecule has 1 aromatic rings. The van der Waals surface area contributed by atoms with Crippen molar-refractivity contribution in [2.45, 2.75) is 33.1 Å². The Kier molecular flexibility index (Phi) is 4.24. The molecule has 0 spiro atoms. The number of ether oxygens (including phenoxy) is 1. The molecule has 0 fully saturated rings. The number of rotatable bonds is 5. The summed E-state index contributed by atoms with van der Waals surface area (Å²) in [6.45, 7) is 5.38. The third kappa shape index (κ3) is 3.03. The second-order valence-electron chi connectivity index (χ2n) is 5.04. The normalized spacial score (nSPS) is 13.3. The lowest BCUT2D eigenvalue weighted by atomic mass is 10.0. The van der Waals surface area contributed by atoms with Crippen LogP contribution >= 0.6 is 0 Å². The first-order valence-electron chi connectivity index (χ1n) is 6.69. The molecule has 1 heterocycles. The van der Waals surface area contributed by atoms with Crippen LogP contribution in [0.15, 0.2) is 18.2 Å². The van der Waals surface area contributed by atoms with Crippen LogP contribution in [-0.4, -0.2) is 19.1 Å². The van der Waals surface area contributed by atoms with Crippen molar-refractivity contribution in [2.75, 3.05) is 13.2 Å². The summed E-state index contributed by atoms with van der Waals surface area (Å²) in [6, 6.07) is 6.25. The number of hydrogen-bond acceptors (Lipinski definition) is 2. The Morgan fingerprint density at radius 2 is 2.28 bits per heavy atom. The van der Waals surface area contributed by atoms with E-state index in [0.29, 0.717) is 0 Å². The van der Waals surface area contributed by atoms with E-state index in [4.69, 9.17) is 4.74 Å². The van der Waals surface area contributed by atoms with E-state index in [1.807, 2.05) is 26.0 Å². The summed E-state index contributed by atoms with van der Waals surface area (Å²) in [5.41, 5.74) is 2.72. The van der Waals surface area contributed by atoms with Gasteiger partial charge in [0.15, 0.2) is 0 Å². The average molecular weight is 247 g/mol. The second kappa shape index (κ2) is 5.89. The standard InChI is InChI=1S/C15H21NO2/c1-11(2)15(17)16-9-4-6-12-5-3-7-14-13(12)8-10-18-14/h3,5,7,11H,4,6,8-10H2,1-2H3,(H,16,17). The van der Waals surface area contributed by atoms with Crippen molar-refractivity contribution in [3.63, 3.8) is 0 Å². The van der Waals surface area contributed by atoms with Crippen LogP contribution in [0.3, 0.4) is 0 Å². The monoisotopic (exact) mass is 247 g/mol. The van der Waals surface area contributed by atoms with Crippen molar-refractivity contribution < 1.29 is 9.53 Å². The predicted molar refractivity (Wildman–Crippen MR) is 71.8 cm³/mol. The van der Waals surface area contributed by atoms with Crippen LogP contribution < -0.4 is 10.1 Å². The smallest absolute Gasteiger partial charge is 0.222 e. The quantitative estimate of drug-likeness (QED) is 0.811. The van der Waals surface area contributed by atoms with Crippen molar-refractivity contribution in [3.8, 4) is 5.75 Å². The number of aryl methyl sites for hydroxylation is 1. The number of fused-ring (bicyclic) bond motifs is 1. The van der Waals surface area contributed by atoms with Gasteiger partial charge in [-0.05, 0) is 24.5 Å². The highest BCUT2D eigenvalue weighted by Crippen LogP contribution is 2.28. The number of hydrogen-bond donors (Lipinski definition) is 1. The minimum atomic E-state index is 0.0689. The first-order chi connectivity index (χ1) is 8.68. The molecule has 3 heteroatoms. The van der Waals surface area contributed by atoms with E-state index in [9.17, 15) is 4.79 Å². The Morgan fingerprint density at radius 1 is 1.44 bits per heavy atom. The molecule has 18 heavy (non-hydrogen) atoms. The van der Waals surface area contributed by atoms with E-state index in [1.54, 1.807) is 0 Å². The summed E-state index contributed by atoms with van der Waals surface area (Å²) in [7, 11) is 0. The van der Waals surface area contributed by atoms with Crippen molar-refractivity contribution in [1.29, 1.82) is 0 Å². The molecule has 0 unspecified atom stereocenters. The number of carbonyl (C=O) groups excluding carboxylic acids is 1. The highest BCUT2D eigenvalue weighted by molar-refractivity contribution is 5.77. The molecule has 0 saturated heterocycles. The summed E-state index contributed by atoms with van der Waals surface area (Å²) in [5.74, 6) is 1.25. The van der Waals surface area contributed by atoms with Gasteiger partial charge in [0.2, 0.25) is 5.91 Å². The third-order valence-electron chi connectivity index (χ3n) is 3.29. The lowest BCUT2D eigenvalue weighted by molar-refractivity contribution is -0.123. The SMILES string of the molecule is CC(C)C(=O)NCCCc1cccc2c1CCO2. The summed E-state index contributed by atoms with van der Waals surface area (Å²) in [4.78, 5) is 11.4. The molecule has 2 rings (SSSR count). The van der Waals surface area contributed by atoms with Gasteiger partial charge in [-0.3, -0.25) is 4.79 Å². The van der Waals surface area contributed by atoms with E-state index in [2.05, 4.69) is 11.4 Å². The third-order valence-corrected chi connectivity index (χ3v) is 3.29. The molecule has 1 aliphatic rings. The number of amides is 1. The van der Waals surface area contributed by atoms with E-state index < -0.39 is 0 Å². The molecule has 0 aromatic heterocycles. The molecule has 98 valence electrons. The summed E-state index contributed by atoms with van der Waals surface area (Å²) in [5, 5.41) is 2.95. The Balaban J connectivity index is 1.81. The van der Waals surface area contributed by atoms with Crippen molar-refractivity contribution in [2.24, 2.45) is 5.92 Å². The average Bonchev–Trinajstić information content (AvgIpc) is 2.83. The molecule has 0 atom stereocenters. The highest BCUT2D eigenvalue weighted by atomic mass is 16.5. The van der Waals surface area contributed by atoms with Gasteiger partial charge in [0.25, 0.3) is 0 Å². The summed E-state index contributed by atoms with van der Waals surface area (Å²) >= 11 is 0. The minimum absolute atomic E-state index is 0.0689. The summed E-state index contributed by atoms with van der Waals surface area (Å²) < 4.78 is 5.55. The molecule has 0 saturated carbocycles. The largest absolute Gasteiger partial charge is 0.493 e. The molecule has 0 radical (unpaired) electrons. The topological polar surface area (TPSA) is 38.3 Å². The van der Waals surface area contributed by atoms with Crippen LogP contribution in [-0.2, 0) is 17.6 Å². The Morgan fingerprint density at radius 3 is 3.06 bits per heavy atom. The fraction of sp³-hybridized carbons (Fsp3) is 0.533. The Bertz CT molecular complexity index is 427. The maximum Gasteiger partial charge on any atom is 0.222 e. The van der Waals surface area contributed by atoms with Gasteiger partial charge in [-0.25, -0.2) is 0 Å². The van der Waals surface area contributed by atoms with Crippen LogP contribution in [0.1, 0.15) is 31.4 Å². The van der Waals surface area contributed by atoms with E-state index in [1.165, 1.54) is 11.1 Å². The van der Waals surface area contributed by atoms with Gasteiger partial charge in [-0.15, -0.1) is 0 Å². The lowest BCUT2D eigenvalue weighted by Crippen LogP contribution is -2.28. The zero-order valence-corrected chi connectivity index (χ0v) is 11.2. The lowest BCUT2D eigenvalue weighted by Gasteiger charge is -2.09. The van der Waals surface area contributed by atoms with Crippen LogP contribution in [0.2, 0.25) is 0 Å². The molecule has 1 N–H and O–H groups in total. The van der Waals surface area contributed by atoms with Crippen LogP contribution in [0, 0.1) is 5.92 Å². The van der Waals surface area contributed by atoms with Gasteiger partial charge < -0.3 is 10.1 Å². The first-order valence-corrected chi connectivity index (χ1v) is 6.69. The van der Waals surface area contributed by atoms with Crippen molar-refractivity contribution >= 4 is 5.91 Å². The molecule has 0 aliphatic carbocycles. The zero-order valence-electron chi connectivity index (χ0n) is 11.2. The Labute approximate surface area is 109 Å². The van der Waals surface area contributed by atoms with Crippen LogP contribution in [0.5, 0.6) is 5.75 Å². The molecule has 0 bridgehead atoms. The molecule has 3 nitrogen and oxygen atoms in total. The molecular weight excluding hydrogens is 226 g/mol. The Hall–Kier alpha value is -1.51.